The highest BCUT2D eigenvalue weighted by Gasteiger charge is 2.11. The molecule has 1 N–H and O–H groups in total. The molecule has 0 aliphatic carbocycles. The van der Waals surface area contributed by atoms with Gasteiger partial charge in [0.05, 0.1) is 0 Å². The van der Waals surface area contributed by atoms with Gasteiger partial charge in [-0.2, -0.15) is 0 Å². The first-order chi connectivity index (χ1) is 9.51. The highest BCUT2D eigenvalue weighted by molar-refractivity contribution is 7.14. The average Bonchev–Trinajstić information content (AvgIpc) is 2.79. The van der Waals surface area contributed by atoms with Gasteiger partial charge in [0.25, 0.3) is 0 Å². The average molecular weight is 311 g/mol. The topological polar surface area (TPSA) is 46.5 Å². The molecule has 0 amide bonds. The first-order valence-electron chi connectivity index (χ1n) is 6.25. The van der Waals surface area contributed by atoms with Crippen LogP contribution in [0.5, 0.6) is 5.75 Å². The molecule has 0 saturated carbocycles. The number of thiophene rings is 1. The van der Waals surface area contributed by atoms with Gasteiger partial charge in [-0.15, -0.1) is 11.3 Å². The summed E-state index contributed by atoms with van der Waals surface area (Å²) in [5.41, 5.74) is 1.94. The second-order valence-electron chi connectivity index (χ2n) is 4.39. The van der Waals surface area contributed by atoms with E-state index in [1.165, 1.54) is 11.3 Å². The summed E-state index contributed by atoms with van der Waals surface area (Å²) < 4.78 is 5.72. The van der Waals surface area contributed by atoms with Gasteiger partial charge in [-0.05, 0) is 43.2 Å². The Hall–Kier alpha value is -1.52. The molecule has 0 bridgehead atoms. The smallest absolute Gasteiger partial charge is 0.345 e. The third-order valence-corrected chi connectivity index (χ3v) is 4.47. The summed E-state index contributed by atoms with van der Waals surface area (Å²) in [7, 11) is 0. The summed E-state index contributed by atoms with van der Waals surface area (Å²) in [5, 5.41) is 9.70. The number of carboxylic acid groups (broad SMARTS) is 1. The van der Waals surface area contributed by atoms with E-state index < -0.39 is 5.97 Å². The molecule has 0 atom stereocenters. The second kappa shape index (κ2) is 6.29. The van der Waals surface area contributed by atoms with Crippen molar-refractivity contribution in [3.05, 3.63) is 50.2 Å². The number of aromatic carboxylic acids is 1. The van der Waals surface area contributed by atoms with Crippen molar-refractivity contribution in [1.29, 1.82) is 0 Å². The fourth-order valence-electron chi connectivity index (χ4n) is 1.84. The predicted octanol–water partition coefficient (Wildman–Crippen LogP) is 4.55. The molecule has 0 spiro atoms. The van der Waals surface area contributed by atoms with Crippen LogP contribution < -0.4 is 4.74 Å². The predicted molar refractivity (Wildman–Crippen MR) is 81.2 cm³/mol. The lowest BCUT2D eigenvalue weighted by atomic mass is 10.1. The van der Waals surface area contributed by atoms with Crippen LogP contribution in [0.1, 0.15) is 32.6 Å². The molecule has 0 aliphatic rings. The monoisotopic (exact) mass is 310 g/mol. The van der Waals surface area contributed by atoms with Gasteiger partial charge < -0.3 is 9.84 Å². The number of hydrogen-bond donors (Lipinski definition) is 1. The minimum Gasteiger partial charge on any atom is -0.489 e. The quantitative estimate of drug-likeness (QED) is 0.881. The van der Waals surface area contributed by atoms with E-state index in [4.69, 9.17) is 21.4 Å². The highest BCUT2D eigenvalue weighted by Crippen LogP contribution is 2.26. The number of ether oxygens (including phenoxy) is 1. The van der Waals surface area contributed by atoms with Crippen LogP contribution in [0.4, 0.5) is 0 Å². The van der Waals surface area contributed by atoms with Crippen LogP contribution in [-0.4, -0.2) is 11.1 Å². The molecule has 2 aromatic rings. The van der Waals surface area contributed by atoms with Crippen LogP contribution in [0.15, 0.2) is 24.3 Å². The van der Waals surface area contributed by atoms with E-state index in [-0.39, 0.29) is 0 Å². The maximum Gasteiger partial charge on any atom is 0.345 e. The zero-order valence-corrected chi connectivity index (χ0v) is 12.8. The van der Waals surface area contributed by atoms with Gasteiger partial charge in [0.15, 0.2) is 0 Å². The normalized spacial score (nSPS) is 10.6. The molecule has 2 rings (SSSR count). The van der Waals surface area contributed by atoms with Crippen molar-refractivity contribution in [2.24, 2.45) is 0 Å². The van der Waals surface area contributed by atoms with E-state index in [1.54, 1.807) is 6.07 Å². The van der Waals surface area contributed by atoms with E-state index in [0.717, 1.165) is 33.2 Å². The largest absolute Gasteiger partial charge is 0.489 e. The number of hydrogen-bond acceptors (Lipinski definition) is 3. The summed E-state index contributed by atoms with van der Waals surface area (Å²) in [6.45, 7) is 4.29. The lowest BCUT2D eigenvalue weighted by molar-refractivity contribution is 0.0702. The van der Waals surface area contributed by atoms with Gasteiger partial charge in [-0.25, -0.2) is 4.79 Å². The summed E-state index contributed by atoms with van der Waals surface area (Å²) in [4.78, 5) is 12.2. The van der Waals surface area contributed by atoms with Crippen molar-refractivity contribution >= 4 is 28.9 Å². The van der Waals surface area contributed by atoms with E-state index in [9.17, 15) is 4.79 Å². The number of carboxylic acids is 1. The molecule has 0 fully saturated rings. The Bertz CT molecular complexity index is 634. The summed E-state index contributed by atoms with van der Waals surface area (Å²) in [5.74, 6) is -0.155. The van der Waals surface area contributed by atoms with E-state index in [1.807, 2.05) is 32.0 Å². The number of benzene rings is 1. The van der Waals surface area contributed by atoms with Gasteiger partial charge in [-0.1, -0.05) is 18.5 Å². The van der Waals surface area contributed by atoms with Gasteiger partial charge in [0.2, 0.25) is 0 Å². The highest BCUT2D eigenvalue weighted by atomic mass is 35.5. The van der Waals surface area contributed by atoms with Crippen LogP contribution in [0.25, 0.3) is 0 Å². The van der Waals surface area contributed by atoms with Gasteiger partial charge in [0.1, 0.15) is 17.2 Å². The Morgan fingerprint density at radius 2 is 2.10 bits per heavy atom. The lowest BCUT2D eigenvalue weighted by Gasteiger charge is -2.08. The Kier molecular flexibility index (Phi) is 4.68. The van der Waals surface area contributed by atoms with Crippen LogP contribution in [0, 0.1) is 6.92 Å². The van der Waals surface area contributed by atoms with Crippen molar-refractivity contribution in [3.8, 4) is 5.75 Å². The molecule has 106 valence electrons. The molecule has 0 unspecified atom stereocenters. The number of aryl methyl sites for hydroxylation is 2. The summed E-state index contributed by atoms with van der Waals surface area (Å²) in [6.07, 6.45) is 0.844. The molecule has 5 heteroatoms. The van der Waals surface area contributed by atoms with Crippen molar-refractivity contribution < 1.29 is 14.6 Å². The van der Waals surface area contributed by atoms with Gasteiger partial charge >= 0.3 is 5.97 Å². The van der Waals surface area contributed by atoms with E-state index in [0.29, 0.717) is 11.5 Å². The van der Waals surface area contributed by atoms with Crippen LogP contribution in [0.3, 0.4) is 0 Å². The minimum absolute atomic E-state index is 0.339. The standard InChI is InChI=1S/C15H15ClO3S/c1-3-10-6-12(4-5-13(10)16)19-8-11-7-14(15(17)18)20-9(11)2/h4-7H,3,8H2,1-2H3,(H,17,18). The lowest BCUT2D eigenvalue weighted by Crippen LogP contribution is -1.97. The molecule has 0 aliphatic heterocycles. The number of carbonyl (C=O) groups is 1. The molecule has 1 aromatic heterocycles. The Labute approximate surface area is 126 Å². The van der Waals surface area contributed by atoms with Crippen LogP contribution in [-0.2, 0) is 13.0 Å². The maximum atomic E-state index is 10.9. The first-order valence-corrected chi connectivity index (χ1v) is 7.44. The molecule has 0 saturated heterocycles. The summed E-state index contributed by atoms with van der Waals surface area (Å²) >= 11 is 7.32. The Balaban J connectivity index is 2.10. The molecule has 0 radical (unpaired) electrons. The number of halogens is 1. The van der Waals surface area contributed by atoms with Crippen LogP contribution >= 0.6 is 22.9 Å². The zero-order valence-electron chi connectivity index (χ0n) is 11.3. The molecular weight excluding hydrogens is 296 g/mol. The third kappa shape index (κ3) is 3.32. The Morgan fingerprint density at radius 1 is 1.35 bits per heavy atom. The van der Waals surface area contributed by atoms with Crippen molar-refractivity contribution in [1.82, 2.24) is 0 Å². The van der Waals surface area contributed by atoms with Crippen molar-refractivity contribution in [2.75, 3.05) is 0 Å². The molecular formula is C15H15ClO3S. The summed E-state index contributed by atoms with van der Waals surface area (Å²) in [6, 6.07) is 7.22. The molecule has 1 heterocycles. The Morgan fingerprint density at radius 3 is 2.70 bits per heavy atom. The molecule has 3 nitrogen and oxygen atoms in total. The zero-order chi connectivity index (χ0) is 14.7. The van der Waals surface area contributed by atoms with Crippen LogP contribution in [0.2, 0.25) is 5.02 Å². The van der Waals surface area contributed by atoms with Gasteiger partial charge in [-0.3, -0.25) is 0 Å². The molecule has 20 heavy (non-hydrogen) atoms. The second-order valence-corrected chi connectivity index (χ2v) is 6.06. The van der Waals surface area contributed by atoms with Gasteiger partial charge in [0, 0.05) is 15.5 Å². The van der Waals surface area contributed by atoms with Crippen molar-refractivity contribution in [2.45, 2.75) is 26.9 Å². The molecule has 1 aromatic carbocycles. The SMILES string of the molecule is CCc1cc(OCc2cc(C(=O)O)sc2C)ccc1Cl. The maximum absolute atomic E-state index is 10.9. The van der Waals surface area contributed by atoms with E-state index >= 15 is 0 Å². The fourth-order valence-corrected chi connectivity index (χ4v) is 2.96. The third-order valence-electron chi connectivity index (χ3n) is 3.02. The minimum atomic E-state index is -0.899. The fraction of sp³-hybridized carbons (Fsp3) is 0.267. The van der Waals surface area contributed by atoms with Crippen molar-refractivity contribution in [3.63, 3.8) is 0 Å². The number of rotatable bonds is 5. The first kappa shape index (κ1) is 14.9. The van der Waals surface area contributed by atoms with E-state index in [2.05, 4.69) is 0 Å².